The molecule has 1 amide bonds. The lowest BCUT2D eigenvalue weighted by atomic mass is 9.92. The van der Waals surface area contributed by atoms with Crippen molar-refractivity contribution in [3.05, 3.63) is 35.9 Å². The second-order valence-electron chi connectivity index (χ2n) is 9.02. The summed E-state index contributed by atoms with van der Waals surface area (Å²) in [5.74, 6) is 0.588. The number of carbonyl (C=O) groups excluding carboxylic acids is 1. The van der Waals surface area contributed by atoms with Crippen molar-refractivity contribution < 1.29 is 4.79 Å². The molecule has 4 heteroatoms. The topological polar surface area (TPSA) is 26.8 Å². The third-order valence-corrected chi connectivity index (χ3v) is 6.86. The molecule has 2 aliphatic rings. The highest BCUT2D eigenvalue weighted by molar-refractivity contribution is 5.78. The van der Waals surface area contributed by atoms with E-state index in [1.54, 1.807) is 0 Å². The van der Waals surface area contributed by atoms with Crippen LogP contribution in [-0.4, -0.2) is 72.5 Å². The van der Waals surface area contributed by atoms with Gasteiger partial charge in [-0.15, -0.1) is 0 Å². The van der Waals surface area contributed by atoms with Crippen LogP contribution < -0.4 is 0 Å². The van der Waals surface area contributed by atoms with Crippen LogP contribution >= 0.6 is 0 Å². The lowest BCUT2D eigenvalue weighted by molar-refractivity contribution is -0.137. The van der Waals surface area contributed by atoms with Crippen LogP contribution in [0.4, 0.5) is 0 Å². The summed E-state index contributed by atoms with van der Waals surface area (Å²) < 4.78 is 0. The van der Waals surface area contributed by atoms with Crippen molar-refractivity contribution in [2.45, 2.75) is 64.5 Å². The Morgan fingerprint density at radius 1 is 1.04 bits per heavy atom. The van der Waals surface area contributed by atoms with Crippen LogP contribution in [0.2, 0.25) is 0 Å². The highest BCUT2D eigenvalue weighted by Crippen LogP contribution is 2.25. The average molecular weight is 386 g/mol. The molecule has 0 aliphatic carbocycles. The molecule has 0 spiro atoms. The fourth-order valence-corrected chi connectivity index (χ4v) is 4.71. The zero-order valence-electron chi connectivity index (χ0n) is 18.1. The van der Waals surface area contributed by atoms with Gasteiger partial charge in [-0.2, -0.15) is 0 Å². The van der Waals surface area contributed by atoms with Crippen LogP contribution in [0.25, 0.3) is 0 Å². The predicted molar refractivity (Wildman–Crippen MR) is 116 cm³/mol. The smallest absolute Gasteiger partial charge is 0.225 e. The second kappa shape index (κ2) is 10.4. The largest absolute Gasteiger partial charge is 0.343 e. The zero-order valence-corrected chi connectivity index (χ0v) is 18.1. The standard InChI is InChI=1S/C24H39N3O/c1-20(2)25(3)24(28)22-11-18-27(19-12-22)23-13-16-26(17-14-23)15-7-10-21-8-5-4-6-9-21/h4-6,8-9,20,22-23H,7,10-19H2,1-3H3. The first kappa shape index (κ1) is 21.3. The summed E-state index contributed by atoms with van der Waals surface area (Å²) in [6.45, 7) is 10.1. The molecule has 0 aromatic heterocycles. The Kier molecular flexibility index (Phi) is 7.92. The first-order chi connectivity index (χ1) is 13.5. The number of piperidine rings is 2. The molecule has 2 aliphatic heterocycles. The van der Waals surface area contributed by atoms with Gasteiger partial charge in [-0.1, -0.05) is 30.3 Å². The molecule has 3 rings (SSSR count). The average Bonchev–Trinajstić information content (AvgIpc) is 2.74. The Bertz CT molecular complexity index is 587. The van der Waals surface area contributed by atoms with E-state index < -0.39 is 0 Å². The summed E-state index contributed by atoms with van der Waals surface area (Å²) in [4.78, 5) is 19.8. The Labute approximate surface area is 171 Å². The maximum absolute atomic E-state index is 12.6. The molecule has 0 saturated carbocycles. The van der Waals surface area contributed by atoms with E-state index in [-0.39, 0.29) is 5.92 Å². The third-order valence-electron chi connectivity index (χ3n) is 6.86. The summed E-state index contributed by atoms with van der Waals surface area (Å²) in [5.41, 5.74) is 1.46. The molecule has 2 fully saturated rings. The van der Waals surface area contributed by atoms with Crippen LogP contribution in [0.1, 0.15) is 51.5 Å². The van der Waals surface area contributed by atoms with E-state index in [0.29, 0.717) is 11.9 Å². The molecule has 28 heavy (non-hydrogen) atoms. The van der Waals surface area contributed by atoms with Gasteiger partial charge >= 0.3 is 0 Å². The van der Waals surface area contributed by atoms with E-state index in [4.69, 9.17) is 0 Å². The first-order valence-electron chi connectivity index (χ1n) is 11.3. The summed E-state index contributed by atoms with van der Waals surface area (Å²) in [7, 11) is 1.95. The number of hydrogen-bond donors (Lipinski definition) is 0. The lowest BCUT2D eigenvalue weighted by Crippen LogP contribution is -2.49. The Hall–Kier alpha value is -1.39. The van der Waals surface area contributed by atoms with Gasteiger partial charge in [0.1, 0.15) is 0 Å². The number of nitrogens with zero attached hydrogens (tertiary/aromatic N) is 3. The van der Waals surface area contributed by atoms with E-state index in [1.165, 1.54) is 50.9 Å². The summed E-state index contributed by atoms with van der Waals surface area (Å²) in [5, 5.41) is 0. The number of likely N-dealkylation sites (tertiary alicyclic amines) is 2. The molecule has 0 unspecified atom stereocenters. The monoisotopic (exact) mass is 385 g/mol. The number of hydrogen-bond acceptors (Lipinski definition) is 3. The lowest BCUT2D eigenvalue weighted by Gasteiger charge is -2.42. The van der Waals surface area contributed by atoms with Gasteiger partial charge in [0.05, 0.1) is 0 Å². The minimum absolute atomic E-state index is 0.238. The molecule has 0 bridgehead atoms. The highest BCUT2D eigenvalue weighted by atomic mass is 16.2. The molecule has 2 heterocycles. The molecular weight excluding hydrogens is 346 g/mol. The normalized spacial score (nSPS) is 20.6. The minimum atomic E-state index is 0.238. The van der Waals surface area contributed by atoms with E-state index >= 15 is 0 Å². The van der Waals surface area contributed by atoms with Crippen molar-refractivity contribution in [3.63, 3.8) is 0 Å². The van der Waals surface area contributed by atoms with Gasteiger partial charge in [-0.05, 0) is 90.7 Å². The number of benzene rings is 1. The van der Waals surface area contributed by atoms with E-state index in [2.05, 4.69) is 54.0 Å². The highest BCUT2D eigenvalue weighted by Gasteiger charge is 2.32. The van der Waals surface area contributed by atoms with Crippen LogP contribution in [0.3, 0.4) is 0 Å². The summed E-state index contributed by atoms with van der Waals surface area (Å²) in [6.07, 6.45) is 7.09. The second-order valence-corrected chi connectivity index (χ2v) is 9.02. The molecule has 0 atom stereocenters. The molecule has 1 aromatic carbocycles. The molecular formula is C24H39N3O. The van der Waals surface area contributed by atoms with Gasteiger partial charge in [-0.3, -0.25) is 4.79 Å². The quantitative estimate of drug-likeness (QED) is 0.717. The fraction of sp³-hybridized carbons (Fsp3) is 0.708. The predicted octanol–water partition coefficient (Wildman–Crippen LogP) is 3.66. The van der Waals surface area contributed by atoms with Crippen LogP contribution in [0, 0.1) is 5.92 Å². The van der Waals surface area contributed by atoms with Crippen LogP contribution in [0.5, 0.6) is 0 Å². The number of rotatable bonds is 7. The minimum Gasteiger partial charge on any atom is -0.343 e. The van der Waals surface area contributed by atoms with Gasteiger partial charge in [0.25, 0.3) is 0 Å². The summed E-state index contributed by atoms with van der Waals surface area (Å²) in [6, 6.07) is 11.9. The zero-order chi connectivity index (χ0) is 19.9. The van der Waals surface area contributed by atoms with E-state index in [9.17, 15) is 4.79 Å². The van der Waals surface area contributed by atoms with Crippen LogP contribution in [0.15, 0.2) is 30.3 Å². The third kappa shape index (κ3) is 5.81. The van der Waals surface area contributed by atoms with Gasteiger partial charge in [0, 0.05) is 25.0 Å². The Morgan fingerprint density at radius 3 is 2.29 bits per heavy atom. The number of aryl methyl sites for hydroxylation is 1. The molecule has 2 saturated heterocycles. The Morgan fingerprint density at radius 2 is 1.68 bits per heavy atom. The molecule has 1 aromatic rings. The van der Waals surface area contributed by atoms with Gasteiger partial charge < -0.3 is 14.7 Å². The number of amides is 1. The van der Waals surface area contributed by atoms with E-state index in [1.807, 2.05) is 11.9 Å². The van der Waals surface area contributed by atoms with E-state index in [0.717, 1.165) is 32.0 Å². The number of carbonyl (C=O) groups is 1. The molecule has 0 radical (unpaired) electrons. The molecule has 0 N–H and O–H groups in total. The maximum atomic E-state index is 12.6. The van der Waals surface area contributed by atoms with Crippen molar-refractivity contribution in [3.8, 4) is 0 Å². The van der Waals surface area contributed by atoms with Crippen molar-refractivity contribution in [1.82, 2.24) is 14.7 Å². The van der Waals surface area contributed by atoms with Gasteiger partial charge in [0.15, 0.2) is 0 Å². The summed E-state index contributed by atoms with van der Waals surface area (Å²) >= 11 is 0. The van der Waals surface area contributed by atoms with Crippen molar-refractivity contribution in [2.75, 3.05) is 39.8 Å². The van der Waals surface area contributed by atoms with Gasteiger partial charge in [0.2, 0.25) is 5.91 Å². The van der Waals surface area contributed by atoms with Crippen molar-refractivity contribution in [2.24, 2.45) is 5.92 Å². The SMILES string of the molecule is CC(C)N(C)C(=O)C1CCN(C2CCN(CCCc3ccccc3)CC2)CC1. The first-order valence-corrected chi connectivity index (χ1v) is 11.3. The molecule has 156 valence electrons. The van der Waals surface area contributed by atoms with Crippen molar-refractivity contribution in [1.29, 1.82) is 0 Å². The van der Waals surface area contributed by atoms with Crippen LogP contribution in [-0.2, 0) is 11.2 Å². The maximum Gasteiger partial charge on any atom is 0.225 e. The Balaban J connectivity index is 1.34. The van der Waals surface area contributed by atoms with Gasteiger partial charge in [-0.25, -0.2) is 0 Å². The fourth-order valence-electron chi connectivity index (χ4n) is 4.71. The molecule has 4 nitrogen and oxygen atoms in total. The van der Waals surface area contributed by atoms with Crippen molar-refractivity contribution >= 4 is 5.91 Å².